The SMILES string of the molecule is C1CCOC1.CO.COC(=O)c1cc(Cl)c(-c2c(Br)cnn2C)o1.COC(=O)c1cc(Cl)c(-c2ccnn2C)o1.COC(=O)c1cc(Cl)c(Br)o1.Cn1ncc(Br)c1-c1oc(C(=O)O)cc1Cl.Cn1nccc1[B]OC(C)(C)C(C)(C)O.[B]=NS.[Na+].[OH-]. The zero-order valence-electron chi connectivity index (χ0n) is 49.0. The Morgan fingerprint density at radius 2 is 1.03 bits per heavy atom. The van der Waals surface area contributed by atoms with Crippen molar-refractivity contribution in [2.45, 2.75) is 51.7 Å². The molecular formula is C50H59B2Br3Cl4N9NaO17S. The first kappa shape index (κ1) is 82.5. The van der Waals surface area contributed by atoms with Crippen LogP contribution in [0.5, 0.6) is 0 Å². The molecule has 468 valence electrons. The van der Waals surface area contributed by atoms with Crippen LogP contribution in [0.3, 0.4) is 0 Å². The topological polar surface area (TPSA) is 341 Å². The molecule has 1 aliphatic heterocycles. The van der Waals surface area contributed by atoms with Gasteiger partial charge in [0.1, 0.15) is 17.1 Å². The average molecular weight is 1520 g/mol. The van der Waals surface area contributed by atoms with Crippen LogP contribution in [0.25, 0.3) is 34.4 Å². The number of aromatic carboxylic acids is 1. The van der Waals surface area contributed by atoms with E-state index in [2.05, 4.69) is 107 Å². The fraction of sp³-hybridized carbons (Fsp3) is 0.360. The third-order valence-corrected chi connectivity index (χ3v) is 14.1. The number of aryl methyl sites for hydroxylation is 4. The summed E-state index contributed by atoms with van der Waals surface area (Å²) in [6, 6.07) is 9.08. The quantitative estimate of drug-likeness (QED) is 0.0413. The second-order valence-corrected chi connectivity index (χ2v) is 21.6. The molecular weight excluding hydrogens is 1460 g/mol. The number of carboxylic acid groups (broad SMARTS) is 1. The standard InChI is InChI=1S/C10H18BN2O2.C10H8BrClN2O3.C10H9ClN2O3.C9H6BrClN2O3.C6H4BrClO3.C4H8O.CH4O.BHNS.Na.H2O/c1-9(2,14)10(3,4)15-11-8-6-7-12-13(8)5;1-14-8(5(11)4-13-14)9-6(12)3-7(17-9)10(15)16-2;1-13-7(3-4-12-13)9-6(11)5-8(16-9)10(14)15-2;1-13-7(4(10)3-12-13)8-5(11)2-6(16-8)9(14)15;1-10-6(9)4-2-3(8)5(7)11-4;1-2-4-5-3-1;1-2;1-2-3;;/h6-7,14H,1-5H3;3-4H,1-2H3;3-5H,1-2H3;2-3H,1H3,(H,14,15);2H,1H3;1-4H2;2H,1H3;3H;;1H2/q;;;;;;;;+1;/p-1. The molecule has 9 heterocycles. The minimum Gasteiger partial charge on any atom is -0.870 e. The van der Waals surface area contributed by atoms with Gasteiger partial charge in [0.05, 0.1) is 74.0 Å². The van der Waals surface area contributed by atoms with E-state index in [-0.39, 0.29) is 68.9 Å². The van der Waals surface area contributed by atoms with Gasteiger partial charge in [-0.05, 0) is 100 Å². The van der Waals surface area contributed by atoms with E-state index in [1.807, 2.05) is 27.0 Å². The maximum atomic E-state index is 11.3. The molecule has 0 saturated carbocycles. The van der Waals surface area contributed by atoms with Crippen molar-refractivity contribution in [2.24, 2.45) is 32.5 Å². The normalized spacial score (nSPS) is 11.0. The molecule has 0 aromatic carbocycles. The number of ether oxygens (including phenoxy) is 4. The number of aliphatic hydroxyl groups is 2. The van der Waals surface area contributed by atoms with Crippen molar-refractivity contribution in [2.75, 3.05) is 41.7 Å². The van der Waals surface area contributed by atoms with Crippen molar-refractivity contribution in [3.63, 3.8) is 0 Å². The summed E-state index contributed by atoms with van der Waals surface area (Å²) in [4.78, 5) is 44.0. The maximum Gasteiger partial charge on any atom is 1.00 e. The zero-order chi connectivity index (χ0) is 64.5. The van der Waals surface area contributed by atoms with E-state index in [0.29, 0.717) is 52.8 Å². The summed E-state index contributed by atoms with van der Waals surface area (Å²) >= 11 is 36.3. The molecule has 8 aromatic heterocycles. The molecule has 0 amide bonds. The number of furan rings is 4. The van der Waals surface area contributed by atoms with Crippen LogP contribution in [-0.4, -0.2) is 152 Å². The monoisotopic (exact) mass is 1510 g/mol. The largest absolute Gasteiger partial charge is 1.00 e. The fourth-order valence-electron chi connectivity index (χ4n) is 5.95. The van der Waals surface area contributed by atoms with Gasteiger partial charge >= 0.3 is 85.7 Å². The molecule has 9 rings (SSSR count). The number of rotatable bonds is 11. The second kappa shape index (κ2) is 40.3. The summed E-state index contributed by atoms with van der Waals surface area (Å²) in [7, 11) is 17.8. The molecule has 4 N–H and O–H groups in total. The Labute approximate surface area is 574 Å². The molecule has 0 atom stereocenters. The minimum atomic E-state index is -1.16. The average Bonchev–Trinajstić information content (AvgIpc) is 2.27. The summed E-state index contributed by atoms with van der Waals surface area (Å²) < 4.78 is 55.6. The van der Waals surface area contributed by atoms with Crippen LogP contribution in [0.15, 0.2) is 96.8 Å². The van der Waals surface area contributed by atoms with Crippen molar-refractivity contribution in [3.05, 3.63) is 118 Å². The Hall–Kier alpha value is -4.48. The van der Waals surface area contributed by atoms with E-state index < -0.39 is 35.1 Å². The van der Waals surface area contributed by atoms with E-state index in [1.165, 1.54) is 58.4 Å². The predicted molar refractivity (Wildman–Crippen MR) is 333 cm³/mol. The molecule has 0 bridgehead atoms. The Kier molecular flexibility index (Phi) is 38.2. The number of halogens is 7. The number of aliphatic hydroxyl groups excluding tert-OH is 1. The Balaban J connectivity index is 0.00000102. The number of nitrogens with zero attached hydrogens (tertiary/aromatic N) is 9. The van der Waals surface area contributed by atoms with Crippen LogP contribution < -0.4 is 35.2 Å². The molecule has 0 spiro atoms. The van der Waals surface area contributed by atoms with E-state index in [9.17, 15) is 24.3 Å². The second-order valence-electron chi connectivity index (χ2n) is 17.3. The smallest absolute Gasteiger partial charge is 0.870 e. The molecule has 87 heavy (non-hydrogen) atoms. The minimum absolute atomic E-state index is 0. The zero-order valence-corrected chi connectivity index (χ0v) is 59.6. The number of aromatic nitrogens is 8. The third kappa shape index (κ3) is 25.0. The first-order chi connectivity index (χ1) is 40.0. The van der Waals surface area contributed by atoms with Crippen molar-refractivity contribution in [3.8, 4) is 34.4 Å². The first-order valence-corrected chi connectivity index (χ1v) is 28.2. The molecule has 2 radical (unpaired) electrons. The molecule has 1 aliphatic rings. The summed E-state index contributed by atoms with van der Waals surface area (Å²) in [6.45, 7) is 9.15. The van der Waals surface area contributed by atoms with Crippen molar-refractivity contribution >= 4 is 152 Å². The number of carboxylic acids is 1. The van der Waals surface area contributed by atoms with Gasteiger partial charge in [0, 0.05) is 90.8 Å². The predicted octanol–water partition coefficient (Wildman–Crippen LogP) is 7.93. The van der Waals surface area contributed by atoms with Crippen LogP contribution in [-0.2, 0) is 51.8 Å². The summed E-state index contributed by atoms with van der Waals surface area (Å²) in [6.07, 6.45) is 9.07. The Morgan fingerprint density at radius 3 is 1.34 bits per heavy atom. The molecule has 1 fully saturated rings. The van der Waals surface area contributed by atoms with Gasteiger partial charge in [0.15, 0.2) is 22.0 Å². The Bertz CT molecular complexity index is 3370. The van der Waals surface area contributed by atoms with Gasteiger partial charge in [-0.2, -0.15) is 20.4 Å². The summed E-state index contributed by atoms with van der Waals surface area (Å²) in [5, 5.41) is 43.0. The number of thiol groups is 1. The number of methoxy groups -OCH3 is 3. The summed E-state index contributed by atoms with van der Waals surface area (Å²) in [5.74, 6) is -1.76. The van der Waals surface area contributed by atoms with Gasteiger partial charge in [-0.3, -0.25) is 18.7 Å². The molecule has 0 unspecified atom stereocenters. The molecule has 0 aliphatic carbocycles. The number of hydrogen-bond acceptors (Lipinski definition) is 22. The van der Waals surface area contributed by atoms with Gasteiger partial charge in [0.25, 0.3) is 0 Å². The van der Waals surface area contributed by atoms with Gasteiger partial charge in [-0.15, -0.1) is 0 Å². The number of carbonyl (C=O) groups is 4. The Morgan fingerprint density at radius 1 is 0.655 bits per heavy atom. The molecule has 37 heteroatoms. The maximum absolute atomic E-state index is 11.3. The van der Waals surface area contributed by atoms with E-state index in [1.54, 1.807) is 92.1 Å². The van der Waals surface area contributed by atoms with Crippen LogP contribution in [0.1, 0.15) is 82.8 Å². The van der Waals surface area contributed by atoms with Crippen molar-refractivity contribution in [1.29, 1.82) is 0 Å². The van der Waals surface area contributed by atoms with Gasteiger partial charge in [-0.1, -0.05) is 46.4 Å². The molecule has 26 nitrogen and oxygen atoms in total. The number of hydrogen-bond donors (Lipinski definition) is 4. The number of esters is 3. The van der Waals surface area contributed by atoms with Crippen LogP contribution in [0.2, 0.25) is 20.1 Å². The summed E-state index contributed by atoms with van der Waals surface area (Å²) in [5.41, 5.74) is 1.27. The number of carbonyl (C=O) groups excluding carboxylic acids is 3. The van der Waals surface area contributed by atoms with E-state index >= 15 is 0 Å². The van der Waals surface area contributed by atoms with E-state index in [4.69, 9.17) is 83.7 Å². The fourth-order valence-corrected chi connectivity index (χ4v) is 8.12. The van der Waals surface area contributed by atoms with Crippen LogP contribution in [0, 0.1) is 0 Å². The van der Waals surface area contributed by atoms with Gasteiger partial charge < -0.3 is 62.1 Å². The van der Waals surface area contributed by atoms with Crippen molar-refractivity contribution in [1.82, 2.24) is 39.1 Å². The molecule has 8 aromatic rings. The third-order valence-electron chi connectivity index (χ3n) is 11.0. The van der Waals surface area contributed by atoms with Crippen LogP contribution >= 0.6 is 107 Å². The van der Waals surface area contributed by atoms with Gasteiger partial charge in [-0.25, -0.2) is 19.2 Å². The first-order valence-electron chi connectivity index (χ1n) is 23.9. The van der Waals surface area contributed by atoms with Gasteiger partial charge in [0.2, 0.25) is 23.0 Å². The molecule has 1 saturated heterocycles. The van der Waals surface area contributed by atoms with Crippen LogP contribution in [0.4, 0.5) is 0 Å². The van der Waals surface area contributed by atoms with E-state index in [0.717, 1.165) is 30.4 Å². The van der Waals surface area contributed by atoms with Crippen molar-refractivity contribution < 1.29 is 111 Å².